The lowest BCUT2D eigenvalue weighted by atomic mass is 9.96. The van der Waals surface area contributed by atoms with Gasteiger partial charge in [-0.25, -0.2) is 0 Å². The molecule has 1 saturated heterocycles. The fourth-order valence-electron chi connectivity index (χ4n) is 3.70. The standard InChI is InChI=1S/C24H28F3N3O3/c1-33-23(32)11-10-22(31)28-16-17-2-4-19(5-3-17)29-20-6-8-21(9-7-20)30-14-12-18(13-15-30)24(25,26)27/h2-9,18,29H,10-16H2,1H3,(H,28,31). The van der Waals surface area contributed by atoms with Crippen molar-refractivity contribution in [3.05, 3.63) is 54.1 Å². The second kappa shape index (κ2) is 11.1. The van der Waals surface area contributed by atoms with Crippen LogP contribution in [0.4, 0.5) is 30.2 Å². The molecule has 0 spiro atoms. The van der Waals surface area contributed by atoms with E-state index in [1.165, 1.54) is 7.11 Å². The van der Waals surface area contributed by atoms with Gasteiger partial charge in [-0.05, 0) is 54.8 Å². The molecule has 33 heavy (non-hydrogen) atoms. The topological polar surface area (TPSA) is 70.7 Å². The largest absolute Gasteiger partial charge is 0.469 e. The zero-order valence-electron chi connectivity index (χ0n) is 18.5. The van der Waals surface area contributed by atoms with Gasteiger partial charge in [0.2, 0.25) is 5.91 Å². The lowest BCUT2D eigenvalue weighted by Crippen LogP contribution is -2.38. The fraction of sp³-hybridized carbons (Fsp3) is 0.417. The number of piperidine rings is 1. The molecule has 0 radical (unpaired) electrons. The van der Waals surface area contributed by atoms with E-state index in [9.17, 15) is 22.8 Å². The van der Waals surface area contributed by atoms with E-state index in [2.05, 4.69) is 15.4 Å². The molecule has 0 saturated carbocycles. The van der Waals surface area contributed by atoms with Gasteiger partial charge in [-0.2, -0.15) is 13.2 Å². The second-order valence-electron chi connectivity index (χ2n) is 8.02. The summed E-state index contributed by atoms with van der Waals surface area (Å²) in [5, 5.41) is 6.05. The highest BCUT2D eigenvalue weighted by molar-refractivity contribution is 5.81. The summed E-state index contributed by atoms with van der Waals surface area (Å²) < 4.78 is 43.0. The Balaban J connectivity index is 1.45. The highest BCUT2D eigenvalue weighted by Crippen LogP contribution is 2.35. The molecule has 6 nitrogen and oxygen atoms in total. The van der Waals surface area contributed by atoms with Crippen molar-refractivity contribution in [1.29, 1.82) is 0 Å². The Morgan fingerprint density at radius 1 is 0.970 bits per heavy atom. The van der Waals surface area contributed by atoms with Crippen LogP contribution in [0.1, 0.15) is 31.2 Å². The molecule has 2 aromatic carbocycles. The number of ether oxygens (including phenoxy) is 1. The van der Waals surface area contributed by atoms with Gasteiger partial charge in [0.15, 0.2) is 0 Å². The normalized spacial score (nSPS) is 14.6. The van der Waals surface area contributed by atoms with Crippen LogP contribution in [0.3, 0.4) is 0 Å². The number of nitrogens with one attached hydrogen (secondary N) is 2. The number of carbonyl (C=O) groups excluding carboxylic acids is 2. The Morgan fingerprint density at radius 3 is 2.09 bits per heavy atom. The van der Waals surface area contributed by atoms with Crippen LogP contribution in [0.25, 0.3) is 0 Å². The maximum Gasteiger partial charge on any atom is 0.391 e. The summed E-state index contributed by atoms with van der Waals surface area (Å²) in [5.74, 6) is -1.84. The minimum Gasteiger partial charge on any atom is -0.469 e. The van der Waals surface area contributed by atoms with Crippen molar-refractivity contribution in [1.82, 2.24) is 5.32 Å². The first-order valence-corrected chi connectivity index (χ1v) is 10.9. The van der Waals surface area contributed by atoms with Crippen molar-refractivity contribution in [2.24, 2.45) is 5.92 Å². The summed E-state index contributed by atoms with van der Waals surface area (Å²) >= 11 is 0. The molecule has 0 aromatic heterocycles. The van der Waals surface area contributed by atoms with Crippen LogP contribution in [0.2, 0.25) is 0 Å². The van der Waals surface area contributed by atoms with E-state index in [1.807, 2.05) is 53.4 Å². The minimum absolute atomic E-state index is 0.0514. The van der Waals surface area contributed by atoms with Crippen LogP contribution in [0.15, 0.2) is 48.5 Å². The maximum atomic E-state index is 12.8. The van der Waals surface area contributed by atoms with Crippen molar-refractivity contribution in [2.45, 2.75) is 38.4 Å². The van der Waals surface area contributed by atoms with Crippen LogP contribution in [-0.2, 0) is 20.9 Å². The van der Waals surface area contributed by atoms with Crippen molar-refractivity contribution in [2.75, 3.05) is 30.4 Å². The number of alkyl halides is 3. The first-order valence-electron chi connectivity index (χ1n) is 10.9. The quantitative estimate of drug-likeness (QED) is 0.552. The Kier molecular flexibility index (Phi) is 8.19. The Labute approximate surface area is 191 Å². The van der Waals surface area contributed by atoms with Crippen molar-refractivity contribution in [3.8, 4) is 0 Å². The van der Waals surface area contributed by atoms with E-state index in [-0.39, 0.29) is 31.6 Å². The predicted molar refractivity (Wildman–Crippen MR) is 120 cm³/mol. The zero-order valence-corrected chi connectivity index (χ0v) is 18.5. The number of amides is 1. The highest BCUT2D eigenvalue weighted by atomic mass is 19.4. The number of anilines is 3. The number of rotatable bonds is 8. The minimum atomic E-state index is -4.11. The number of halogens is 3. The van der Waals surface area contributed by atoms with Crippen molar-refractivity contribution in [3.63, 3.8) is 0 Å². The average Bonchev–Trinajstić information content (AvgIpc) is 2.82. The summed E-state index contributed by atoms with van der Waals surface area (Å²) in [6.45, 7) is 1.16. The van der Waals surface area contributed by atoms with Crippen LogP contribution in [0.5, 0.6) is 0 Å². The summed E-state index contributed by atoms with van der Waals surface area (Å²) in [7, 11) is 1.29. The molecule has 0 bridgehead atoms. The Bertz CT molecular complexity index is 923. The molecule has 1 amide bonds. The van der Waals surface area contributed by atoms with Gasteiger partial charge in [-0.1, -0.05) is 12.1 Å². The molecule has 9 heteroatoms. The molecular weight excluding hydrogens is 435 g/mol. The number of carbonyl (C=O) groups is 2. The van der Waals surface area contributed by atoms with Gasteiger partial charge in [-0.15, -0.1) is 0 Å². The molecule has 1 aliphatic heterocycles. The van der Waals surface area contributed by atoms with Crippen LogP contribution >= 0.6 is 0 Å². The Morgan fingerprint density at radius 2 is 1.55 bits per heavy atom. The molecular formula is C24H28F3N3O3. The molecule has 1 aliphatic rings. The first kappa shape index (κ1) is 24.4. The molecule has 178 valence electrons. The van der Waals surface area contributed by atoms with Gasteiger partial charge in [0, 0.05) is 43.1 Å². The summed E-state index contributed by atoms with van der Waals surface area (Å²) in [4.78, 5) is 24.8. The van der Waals surface area contributed by atoms with Crippen LogP contribution in [-0.4, -0.2) is 38.3 Å². The Hall–Kier alpha value is -3.23. The maximum absolute atomic E-state index is 12.8. The number of hydrogen-bond acceptors (Lipinski definition) is 5. The number of nitrogens with zero attached hydrogens (tertiary/aromatic N) is 1. The van der Waals surface area contributed by atoms with Gasteiger partial charge in [0.1, 0.15) is 0 Å². The molecule has 2 N–H and O–H groups in total. The third-order valence-corrected chi connectivity index (χ3v) is 5.71. The van der Waals surface area contributed by atoms with Crippen molar-refractivity contribution < 1.29 is 27.5 Å². The summed E-state index contributed by atoms with van der Waals surface area (Å²) in [6, 6.07) is 15.2. The third kappa shape index (κ3) is 7.40. The predicted octanol–water partition coefficient (Wildman–Crippen LogP) is 4.78. The molecule has 3 rings (SSSR count). The van der Waals surface area contributed by atoms with E-state index < -0.39 is 18.1 Å². The number of benzene rings is 2. The number of esters is 1. The van der Waals surface area contributed by atoms with E-state index in [4.69, 9.17) is 0 Å². The first-order chi connectivity index (χ1) is 15.7. The number of hydrogen-bond donors (Lipinski definition) is 2. The molecule has 2 aromatic rings. The van der Waals surface area contributed by atoms with E-state index in [0.29, 0.717) is 19.6 Å². The van der Waals surface area contributed by atoms with Crippen molar-refractivity contribution >= 4 is 28.9 Å². The van der Waals surface area contributed by atoms with Gasteiger partial charge < -0.3 is 20.3 Å². The lowest BCUT2D eigenvalue weighted by molar-refractivity contribution is -0.179. The van der Waals surface area contributed by atoms with Gasteiger partial charge >= 0.3 is 12.1 Å². The molecule has 0 atom stereocenters. The van der Waals surface area contributed by atoms with Gasteiger partial charge in [-0.3, -0.25) is 9.59 Å². The van der Waals surface area contributed by atoms with Gasteiger partial charge in [0.05, 0.1) is 19.4 Å². The monoisotopic (exact) mass is 463 g/mol. The SMILES string of the molecule is COC(=O)CCC(=O)NCc1ccc(Nc2ccc(N3CCC(C(F)(F)F)CC3)cc2)cc1. The fourth-order valence-corrected chi connectivity index (χ4v) is 3.70. The highest BCUT2D eigenvalue weighted by Gasteiger charge is 2.41. The third-order valence-electron chi connectivity index (χ3n) is 5.71. The van der Waals surface area contributed by atoms with E-state index in [1.54, 1.807) is 0 Å². The molecule has 0 aliphatic carbocycles. The average molecular weight is 464 g/mol. The van der Waals surface area contributed by atoms with Crippen LogP contribution < -0.4 is 15.5 Å². The van der Waals surface area contributed by atoms with E-state index >= 15 is 0 Å². The lowest BCUT2D eigenvalue weighted by Gasteiger charge is -2.34. The summed E-state index contributed by atoms with van der Waals surface area (Å²) in [6.07, 6.45) is -3.72. The summed E-state index contributed by atoms with van der Waals surface area (Å²) in [5.41, 5.74) is 3.58. The second-order valence-corrected chi connectivity index (χ2v) is 8.02. The van der Waals surface area contributed by atoms with Gasteiger partial charge in [0.25, 0.3) is 0 Å². The van der Waals surface area contributed by atoms with E-state index in [0.717, 1.165) is 22.6 Å². The number of methoxy groups -OCH3 is 1. The van der Waals surface area contributed by atoms with Crippen LogP contribution in [0, 0.1) is 5.92 Å². The zero-order chi connectivity index (χ0) is 23.8. The smallest absolute Gasteiger partial charge is 0.391 e. The molecule has 0 unspecified atom stereocenters. The molecule has 1 heterocycles. The molecule has 1 fully saturated rings.